The Kier molecular flexibility index (Phi) is 5.11. The smallest absolute Gasteiger partial charge is 0.308 e. The lowest BCUT2D eigenvalue weighted by Gasteiger charge is -2.30. The van der Waals surface area contributed by atoms with Crippen molar-refractivity contribution in [3.05, 3.63) is 53.2 Å². The topological polar surface area (TPSA) is 99.3 Å². The van der Waals surface area contributed by atoms with Crippen LogP contribution in [-0.4, -0.2) is 56.3 Å². The van der Waals surface area contributed by atoms with Crippen LogP contribution in [0, 0.1) is 5.92 Å². The fourth-order valence-electron chi connectivity index (χ4n) is 3.60. The van der Waals surface area contributed by atoms with Gasteiger partial charge in [-0.25, -0.2) is 9.67 Å². The second kappa shape index (κ2) is 7.86. The van der Waals surface area contributed by atoms with E-state index in [4.69, 9.17) is 4.74 Å². The summed E-state index contributed by atoms with van der Waals surface area (Å²) in [5.74, 6) is -0.584. The zero-order valence-corrected chi connectivity index (χ0v) is 16.0. The number of fused-ring (bicyclic) bond motifs is 1. The third kappa shape index (κ3) is 3.63. The predicted octanol–water partition coefficient (Wildman–Crippen LogP) is 0.994. The van der Waals surface area contributed by atoms with Crippen LogP contribution in [0.3, 0.4) is 0 Å². The average molecular weight is 395 g/mol. The third-order valence-electron chi connectivity index (χ3n) is 5.24. The highest BCUT2D eigenvalue weighted by Gasteiger charge is 2.28. The maximum Gasteiger partial charge on any atom is 0.308 e. The largest absolute Gasteiger partial charge is 0.469 e. The number of benzene rings is 1. The maximum absolute atomic E-state index is 12.8. The number of aromatic nitrogens is 4. The lowest BCUT2D eigenvalue weighted by Crippen LogP contribution is -2.43. The molecule has 0 spiro atoms. The molecule has 0 atom stereocenters. The molecular formula is C20H21N5O4. The van der Waals surface area contributed by atoms with Crippen molar-refractivity contribution in [2.24, 2.45) is 5.92 Å². The fraction of sp³-hybridized carbons (Fsp3) is 0.350. The van der Waals surface area contributed by atoms with Gasteiger partial charge < -0.3 is 9.64 Å². The van der Waals surface area contributed by atoms with E-state index in [0.29, 0.717) is 37.0 Å². The second-order valence-corrected chi connectivity index (χ2v) is 6.99. The molecule has 3 heterocycles. The number of hydrogen-bond acceptors (Lipinski definition) is 6. The molecule has 1 aliphatic rings. The summed E-state index contributed by atoms with van der Waals surface area (Å²) in [6.45, 7) is 0.838. The number of esters is 1. The summed E-state index contributed by atoms with van der Waals surface area (Å²) in [4.78, 5) is 43.1. The minimum absolute atomic E-state index is 0.0961. The van der Waals surface area contributed by atoms with Crippen molar-refractivity contribution >= 4 is 22.9 Å². The van der Waals surface area contributed by atoms with Crippen molar-refractivity contribution in [1.82, 2.24) is 24.2 Å². The van der Waals surface area contributed by atoms with Crippen LogP contribution < -0.4 is 5.56 Å². The van der Waals surface area contributed by atoms with E-state index < -0.39 is 0 Å². The van der Waals surface area contributed by atoms with Gasteiger partial charge in [-0.15, -0.1) is 0 Å². The molecule has 0 N–H and O–H groups in total. The van der Waals surface area contributed by atoms with Gasteiger partial charge in [-0.05, 0) is 25.0 Å². The normalized spacial score (nSPS) is 14.9. The Labute approximate surface area is 166 Å². The number of amides is 1. The lowest BCUT2D eigenvalue weighted by molar-refractivity contribution is -0.149. The van der Waals surface area contributed by atoms with Gasteiger partial charge in [0.2, 0.25) is 5.91 Å². The average Bonchev–Trinajstić information content (AvgIpc) is 3.20. The van der Waals surface area contributed by atoms with Gasteiger partial charge >= 0.3 is 5.97 Å². The molecule has 0 aliphatic carbocycles. The molecule has 1 aliphatic heterocycles. The fourth-order valence-corrected chi connectivity index (χ4v) is 3.60. The van der Waals surface area contributed by atoms with Crippen LogP contribution in [0.5, 0.6) is 0 Å². The highest BCUT2D eigenvalue weighted by atomic mass is 16.5. The van der Waals surface area contributed by atoms with Crippen molar-refractivity contribution < 1.29 is 14.3 Å². The molecule has 4 rings (SSSR count). The predicted molar refractivity (Wildman–Crippen MR) is 104 cm³/mol. The number of ether oxygens (including phenoxy) is 1. The molecule has 9 heteroatoms. The van der Waals surface area contributed by atoms with Gasteiger partial charge in [-0.1, -0.05) is 18.2 Å². The van der Waals surface area contributed by atoms with Gasteiger partial charge in [0, 0.05) is 13.1 Å². The Morgan fingerprint density at radius 2 is 1.90 bits per heavy atom. The molecule has 1 fully saturated rings. The summed E-state index contributed by atoms with van der Waals surface area (Å²) >= 11 is 0. The Balaban J connectivity index is 1.51. The molecule has 0 radical (unpaired) electrons. The molecular weight excluding hydrogens is 374 g/mol. The van der Waals surface area contributed by atoms with Gasteiger partial charge in [-0.2, -0.15) is 5.10 Å². The van der Waals surface area contributed by atoms with E-state index in [0.717, 1.165) is 5.69 Å². The van der Waals surface area contributed by atoms with Crippen molar-refractivity contribution in [2.45, 2.75) is 19.4 Å². The van der Waals surface area contributed by atoms with Crippen molar-refractivity contribution in [3.63, 3.8) is 0 Å². The van der Waals surface area contributed by atoms with Crippen LogP contribution in [0.1, 0.15) is 12.8 Å². The third-order valence-corrected chi connectivity index (χ3v) is 5.24. The minimum Gasteiger partial charge on any atom is -0.469 e. The van der Waals surface area contributed by atoms with E-state index in [9.17, 15) is 14.4 Å². The van der Waals surface area contributed by atoms with Crippen LogP contribution in [0.2, 0.25) is 0 Å². The summed E-state index contributed by atoms with van der Waals surface area (Å²) < 4.78 is 7.66. The standard InChI is InChI=1S/C20H21N5O4/c1-29-20(28)14-7-9-23(10-8-14)17(26)12-24-13-21-18-16(19(24)27)11-22-25(18)15-5-3-2-4-6-15/h2-6,11,13-14H,7-10,12H2,1H3. The van der Waals surface area contributed by atoms with E-state index >= 15 is 0 Å². The van der Waals surface area contributed by atoms with E-state index in [-0.39, 0.29) is 29.9 Å². The van der Waals surface area contributed by atoms with E-state index in [1.165, 1.54) is 24.2 Å². The first kappa shape index (κ1) is 18.9. The van der Waals surface area contributed by atoms with E-state index in [1.807, 2.05) is 30.3 Å². The van der Waals surface area contributed by atoms with E-state index in [2.05, 4.69) is 10.1 Å². The SMILES string of the molecule is COC(=O)C1CCN(C(=O)Cn2cnc3c(cnn3-c3ccccc3)c2=O)CC1. The van der Waals surface area contributed by atoms with E-state index in [1.54, 1.807) is 9.58 Å². The Morgan fingerprint density at radius 3 is 2.59 bits per heavy atom. The summed E-state index contributed by atoms with van der Waals surface area (Å²) in [7, 11) is 1.37. The molecule has 9 nitrogen and oxygen atoms in total. The molecule has 1 saturated heterocycles. The first-order chi connectivity index (χ1) is 14.1. The quantitative estimate of drug-likeness (QED) is 0.611. The molecule has 0 bridgehead atoms. The molecule has 1 aromatic carbocycles. The van der Waals surface area contributed by atoms with Crippen molar-refractivity contribution in [3.8, 4) is 5.69 Å². The second-order valence-electron chi connectivity index (χ2n) is 6.99. The number of nitrogens with zero attached hydrogens (tertiary/aromatic N) is 5. The van der Waals surface area contributed by atoms with Gasteiger partial charge in [0.25, 0.3) is 5.56 Å². The van der Waals surface area contributed by atoms with Crippen LogP contribution in [0.4, 0.5) is 0 Å². The van der Waals surface area contributed by atoms with Crippen LogP contribution in [0.15, 0.2) is 47.7 Å². The summed E-state index contributed by atoms with van der Waals surface area (Å²) in [6, 6.07) is 9.41. The summed E-state index contributed by atoms with van der Waals surface area (Å²) in [5, 5.41) is 4.63. The molecule has 150 valence electrons. The first-order valence-corrected chi connectivity index (χ1v) is 9.42. The van der Waals surface area contributed by atoms with Crippen LogP contribution >= 0.6 is 0 Å². The maximum atomic E-state index is 12.8. The Bertz CT molecular complexity index is 1100. The number of carbonyl (C=O) groups is 2. The Morgan fingerprint density at radius 1 is 1.17 bits per heavy atom. The van der Waals surface area contributed by atoms with Gasteiger partial charge in [0.1, 0.15) is 18.3 Å². The van der Waals surface area contributed by atoms with Crippen LogP contribution in [-0.2, 0) is 20.9 Å². The summed E-state index contributed by atoms with van der Waals surface area (Å²) in [6.07, 6.45) is 3.98. The van der Waals surface area contributed by atoms with Crippen LogP contribution in [0.25, 0.3) is 16.7 Å². The highest BCUT2D eigenvalue weighted by Crippen LogP contribution is 2.19. The van der Waals surface area contributed by atoms with Gasteiger partial charge in [-0.3, -0.25) is 19.0 Å². The molecule has 2 aromatic heterocycles. The minimum atomic E-state index is -0.310. The lowest BCUT2D eigenvalue weighted by atomic mass is 9.97. The monoisotopic (exact) mass is 395 g/mol. The molecule has 3 aromatic rings. The number of rotatable bonds is 4. The number of likely N-dealkylation sites (tertiary alicyclic amines) is 1. The number of para-hydroxylation sites is 1. The van der Waals surface area contributed by atoms with Crippen molar-refractivity contribution in [2.75, 3.05) is 20.2 Å². The summed E-state index contributed by atoms with van der Waals surface area (Å²) in [5.41, 5.74) is 0.940. The zero-order valence-electron chi connectivity index (χ0n) is 16.0. The number of methoxy groups -OCH3 is 1. The van der Waals surface area contributed by atoms with Crippen molar-refractivity contribution in [1.29, 1.82) is 0 Å². The zero-order chi connectivity index (χ0) is 20.4. The molecule has 1 amide bonds. The highest BCUT2D eigenvalue weighted by molar-refractivity contribution is 5.78. The molecule has 0 saturated carbocycles. The molecule has 29 heavy (non-hydrogen) atoms. The number of hydrogen-bond donors (Lipinski definition) is 0. The first-order valence-electron chi connectivity index (χ1n) is 9.42. The van der Waals surface area contributed by atoms with Gasteiger partial charge in [0.05, 0.1) is 24.9 Å². The number of carbonyl (C=O) groups excluding carboxylic acids is 2. The van der Waals surface area contributed by atoms with Gasteiger partial charge in [0.15, 0.2) is 5.65 Å². The number of piperidine rings is 1. The Hall–Kier alpha value is -3.49. The molecule has 0 unspecified atom stereocenters.